The van der Waals surface area contributed by atoms with Crippen molar-refractivity contribution < 1.29 is 14.6 Å². The third-order valence-electron chi connectivity index (χ3n) is 3.58. The van der Waals surface area contributed by atoms with Crippen molar-refractivity contribution in [2.45, 2.75) is 18.0 Å². The number of carbonyl (C=O) groups is 1. The van der Waals surface area contributed by atoms with E-state index in [2.05, 4.69) is 21.2 Å². The van der Waals surface area contributed by atoms with Gasteiger partial charge in [0.1, 0.15) is 18.4 Å². The summed E-state index contributed by atoms with van der Waals surface area (Å²) in [6.45, 7) is 0.518. The summed E-state index contributed by atoms with van der Waals surface area (Å²) in [5.41, 5.74) is 2.17. The van der Waals surface area contributed by atoms with Crippen LogP contribution in [0.3, 0.4) is 0 Å². The summed E-state index contributed by atoms with van der Waals surface area (Å²) in [5.74, 6) is 0.589. The molecule has 23 heavy (non-hydrogen) atoms. The molecule has 0 aliphatic carbocycles. The number of hydrogen-bond acceptors (Lipinski definition) is 4. The molecule has 1 aliphatic rings. The van der Waals surface area contributed by atoms with Crippen molar-refractivity contribution in [3.8, 4) is 5.75 Å². The van der Waals surface area contributed by atoms with Crippen LogP contribution < -0.4 is 10.1 Å². The van der Waals surface area contributed by atoms with Crippen molar-refractivity contribution in [2.24, 2.45) is 0 Å². The number of thioether (sulfide) groups is 1. The second-order valence-corrected chi connectivity index (χ2v) is 7.31. The highest BCUT2D eigenvalue weighted by atomic mass is 79.9. The number of hydrogen-bond donors (Lipinski definition) is 2. The molecule has 1 fully saturated rings. The lowest BCUT2D eigenvalue weighted by atomic mass is 10.2. The number of benzene rings is 2. The highest BCUT2D eigenvalue weighted by Crippen LogP contribution is 2.33. The van der Waals surface area contributed by atoms with Crippen LogP contribution in [0.25, 0.3) is 0 Å². The minimum Gasteiger partial charge on any atom is -0.489 e. The van der Waals surface area contributed by atoms with E-state index in [1.807, 2.05) is 48.5 Å². The van der Waals surface area contributed by atoms with E-state index < -0.39 is 12.0 Å². The van der Waals surface area contributed by atoms with E-state index in [9.17, 15) is 4.79 Å². The zero-order valence-corrected chi connectivity index (χ0v) is 14.6. The van der Waals surface area contributed by atoms with Gasteiger partial charge in [-0.3, -0.25) is 10.1 Å². The monoisotopic (exact) mass is 393 g/mol. The van der Waals surface area contributed by atoms with Crippen molar-refractivity contribution >= 4 is 33.7 Å². The van der Waals surface area contributed by atoms with Crippen molar-refractivity contribution in [3.63, 3.8) is 0 Å². The van der Waals surface area contributed by atoms with Gasteiger partial charge in [0.2, 0.25) is 0 Å². The molecule has 0 amide bonds. The first-order valence-electron chi connectivity index (χ1n) is 7.19. The Hall–Kier alpha value is -1.50. The maximum Gasteiger partial charge on any atom is 0.321 e. The molecule has 0 unspecified atom stereocenters. The molecule has 0 bridgehead atoms. The van der Waals surface area contributed by atoms with Gasteiger partial charge in [-0.1, -0.05) is 40.2 Å². The van der Waals surface area contributed by atoms with E-state index in [1.165, 1.54) is 0 Å². The molecule has 1 saturated heterocycles. The van der Waals surface area contributed by atoms with Crippen molar-refractivity contribution in [1.29, 1.82) is 0 Å². The standard InChI is InChI=1S/C17H16BrNO3S/c18-13-5-1-11(2-6-13)9-22-14-7-3-12(4-8-14)16-19-15(10-23-16)17(20)21/h1-8,15-16,19H,9-10H2,(H,20,21)/t15-,16-/m1/s1. The molecule has 1 aliphatic heterocycles. The van der Waals surface area contributed by atoms with Gasteiger partial charge in [-0.15, -0.1) is 11.8 Å². The van der Waals surface area contributed by atoms with Crippen molar-refractivity contribution in [2.75, 3.05) is 5.75 Å². The average Bonchev–Trinajstić information content (AvgIpc) is 3.05. The average molecular weight is 394 g/mol. The largest absolute Gasteiger partial charge is 0.489 e. The van der Waals surface area contributed by atoms with Crippen LogP contribution in [-0.4, -0.2) is 22.9 Å². The number of carboxylic acids is 1. The molecule has 0 radical (unpaired) electrons. The fraction of sp³-hybridized carbons (Fsp3) is 0.235. The number of nitrogens with one attached hydrogen (secondary N) is 1. The smallest absolute Gasteiger partial charge is 0.321 e. The molecular formula is C17H16BrNO3S. The minimum atomic E-state index is -0.797. The number of rotatable bonds is 5. The topological polar surface area (TPSA) is 58.6 Å². The quantitative estimate of drug-likeness (QED) is 0.808. The van der Waals surface area contributed by atoms with Crippen LogP contribution in [0.1, 0.15) is 16.5 Å². The van der Waals surface area contributed by atoms with Gasteiger partial charge in [0.25, 0.3) is 0 Å². The Bertz CT molecular complexity index is 675. The van der Waals surface area contributed by atoms with Crippen LogP contribution >= 0.6 is 27.7 Å². The van der Waals surface area contributed by atoms with Gasteiger partial charge in [-0.2, -0.15) is 0 Å². The first-order valence-corrected chi connectivity index (χ1v) is 9.03. The SMILES string of the molecule is O=C(O)[C@H]1CS[C@H](c2ccc(OCc3ccc(Br)cc3)cc2)N1. The lowest BCUT2D eigenvalue weighted by Crippen LogP contribution is -2.33. The molecular weight excluding hydrogens is 378 g/mol. The summed E-state index contributed by atoms with van der Waals surface area (Å²) < 4.78 is 6.82. The van der Waals surface area contributed by atoms with E-state index in [1.54, 1.807) is 11.8 Å². The van der Waals surface area contributed by atoms with Gasteiger partial charge in [0, 0.05) is 10.2 Å². The maximum atomic E-state index is 11.0. The zero-order chi connectivity index (χ0) is 16.2. The van der Waals surface area contributed by atoms with Gasteiger partial charge >= 0.3 is 5.97 Å². The summed E-state index contributed by atoms with van der Waals surface area (Å²) in [6, 6.07) is 15.3. The van der Waals surface area contributed by atoms with Gasteiger partial charge in [-0.05, 0) is 35.4 Å². The lowest BCUT2D eigenvalue weighted by Gasteiger charge is -2.12. The fourth-order valence-electron chi connectivity index (χ4n) is 2.29. The summed E-state index contributed by atoms with van der Waals surface area (Å²) in [7, 11) is 0. The van der Waals surface area contributed by atoms with Gasteiger partial charge in [-0.25, -0.2) is 0 Å². The predicted octanol–water partition coefficient (Wildman–Crippen LogP) is 3.82. The second kappa shape index (κ2) is 7.38. The molecule has 2 aromatic rings. The first-order chi connectivity index (χ1) is 11.1. The lowest BCUT2D eigenvalue weighted by molar-refractivity contribution is -0.138. The Kier molecular flexibility index (Phi) is 5.25. The molecule has 0 spiro atoms. The number of halogens is 1. The Morgan fingerprint density at radius 1 is 1.22 bits per heavy atom. The second-order valence-electron chi connectivity index (χ2n) is 5.26. The Balaban J connectivity index is 1.57. The highest BCUT2D eigenvalue weighted by molar-refractivity contribution is 9.10. The molecule has 0 aromatic heterocycles. The molecule has 1 heterocycles. The predicted molar refractivity (Wildman–Crippen MR) is 94.7 cm³/mol. The molecule has 120 valence electrons. The molecule has 2 aromatic carbocycles. The van der Waals surface area contributed by atoms with E-state index in [-0.39, 0.29) is 5.37 Å². The summed E-state index contributed by atoms with van der Waals surface area (Å²) >= 11 is 5.02. The third-order valence-corrected chi connectivity index (χ3v) is 5.38. The van der Waals surface area contributed by atoms with E-state index in [0.717, 1.165) is 21.3 Å². The normalized spacial score (nSPS) is 20.4. The summed E-state index contributed by atoms with van der Waals surface area (Å²) in [6.07, 6.45) is 0. The molecule has 0 saturated carbocycles. The highest BCUT2D eigenvalue weighted by Gasteiger charge is 2.30. The van der Waals surface area contributed by atoms with Crippen LogP contribution in [0.2, 0.25) is 0 Å². The van der Waals surface area contributed by atoms with Gasteiger partial charge < -0.3 is 9.84 Å². The van der Waals surface area contributed by atoms with Crippen molar-refractivity contribution in [3.05, 3.63) is 64.1 Å². The molecule has 4 nitrogen and oxygen atoms in total. The van der Waals surface area contributed by atoms with Gasteiger partial charge in [0.15, 0.2) is 0 Å². The minimum absolute atomic E-state index is 0.0247. The first kappa shape index (κ1) is 16.4. The van der Waals surface area contributed by atoms with Crippen LogP contribution in [0, 0.1) is 0 Å². The van der Waals surface area contributed by atoms with E-state index in [0.29, 0.717) is 12.4 Å². The number of ether oxygens (including phenoxy) is 1. The fourth-order valence-corrected chi connectivity index (χ4v) is 3.79. The maximum absolute atomic E-state index is 11.0. The molecule has 3 rings (SSSR count). The van der Waals surface area contributed by atoms with Crippen molar-refractivity contribution in [1.82, 2.24) is 5.32 Å². The Morgan fingerprint density at radius 2 is 1.91 bits per heavy atom. The van der Waals surface area contributed by atoms with Crippen LogP contribution in [0.5, 0.6) is 5.75 Å². The number of carboxylic acid groups (broad SMARTS) is 1. The van der Waals surface area contributed by atoms with E-state index in [4.69, 9.17) is 9.84 Å². The van der Waals surface area contributed by atoms with Crippen LogP contribution in [-0.2, 0) is 11.4 Å². The molecule has 2 N–H and O–H groups in total. The van der Waals surface area contributed by atoms with Crippen LogP contribution in [0.4, 0.5) is 0 Å². The number of aliphatic carboxylic acids is 1. The zero-order valence-electron chi connectivity index (χ0n) is 12.2. The van der Waals surface area contributed by atoms with Crippen LogP contribution in [0.15, 0.2) is 53.0 Å². The molecule has 2 atom stereocenters. The molecule has 6 heteroatoms. The Labute approximate surface area is 147 Å². The Morgan fingerprint density at radius 3 is 2.52 bits per heavy atom. The third kappa shape index (κ3) is 4.28. The summed E-state index contributed by atoms with van der Waals surface area (Å²) in [4.78, 5) is 11.0. The summed E-state index contributed by atoms with van der Waals surface area (Å²) in [5, 5.41) is 12.2. The van der Waals surface area contributed by atoms with Gasteiger partial charge in [0.05, 0.1) is 5.37 Å². The van der Waals surface area contributed by atoms with E-state index >= 15 is 0 Å².